The highest BCUT2D eigenvalue weighted by Crippen LogP contribution is 2.37. The molecular weight excluding hydrogens is 586 g/mol. The van der Waals surface area contributed by atoms with Gasteiger partial charge in [-0.2, -0.15) is 5.10 Å². The number of allylic oxidation sites excluding steroid dienone is 1. The maximum Gasteiger partial charge on any atom is 0.211 e. The van der Waals surface area contributed by atoms with E-state index in [0.717, 1.165) is 35.6 Å². The molecule has 1 saturated heterocycles. The van der Waals surface area contributed by atoms with Crippen LogP contribution >= 0.6 is 0 Å². The zero-order valence-corrected chi connectivity index (χ0v) is 25.4. The monoisotopic (exact) mass is 618 g/mol. The molecule has 8 nitrogen and oxygen atoms in total. The Bertz CT molecular complexity index is 1920. The van der Waals surface area contributed by atoms with Crippen LogP contribution in [0.1, 0.15) is 56.9 Å². The van der Waals surface area contributed by atoms with Gasteiger partial charge in [-0.25, -0.2) is 26.2 Å². The van der Waals surface area contributed by atoms with Crippen LogP contribution in [-0.4, -0.2) is 47.6 Å². The molecule has 2 N–H and O–H groups in total. The Morgan fingerprint density at radius 1 is 1.02 bits per heavy atom. The maximum atomic E-state index is 15.4. The van der Waals surface area contributed by atoms with Gasteiger partial charge >= 0.3 is 0 Å². The van der Waals surface area contributed by atoms with Crippen molar-refractivity contribution in [2.75, 3.05) is 25.1 Å². The van der Waals surface area contributed by atoms with E-state index in [2.05, 4.69) is 17.2 Å². The molecular formula is C33H32F2N4O4S. The Kier molecular flexibility index (Phi) is 7.63. The highest BCUT2D eigenvalue weighted by atomic mass is 32.2. The summed E-state index contributed by atoms with van der Waals surface area (Å²) in [5, 5.41) is 4.25. The van der Waals surface area contributed by atoms with Gasteiger partial charge in [-0.3, -0.25) is 4.79 Å². The number of ketones is 1. The van der Waals surface area contributed by atoms with E-state index in [1.807, 2.05) is 13.0 Å². The third-order valence-corrected chi connectivity index (χ3v) is 9.75. The molecule has 1 aliphatic carbocycles. The van der Waals surface area contributed by atoms with Crippen molar-refractivity contribution in [2.45, 2.75) is 39.0 Å². The van der Waals surface area contributed by atoms with Crippen molar-refractivity contribution in [3.05, 3.63) is 105 Å². The summed E-state index contributed by atoms with van der Waals surface area (Å²) >= 11 is 0. The number of aryl methyl sites for hydroxylation is 2. The first-order valence-corrected chi connectivity index (χ1v) is 16.2. The Balaban J connectivity index is 1.21. The first-order chi connectivity index (χ1) is 20.9. The molecule has 1 fully saturated rings. The Hall–Kier alpha value is -4.35. The van der Waals surface area contributed by atoms with Crippen LogP contribution in [0.25, 0.3) is 11.8 Å². The molecule has 2 heterocycles. The fourth-order valence-electron chi connectivity index (χ4n) is 6.18. The quantitative estimate of drug-likeness (QED) is 0.251. The number of ether oxygens (including phenoxy) is 1. The number of hydrogen-bond donors (Lipinski definition) is 1. The fourth-order valence-corrected chi connectivity index (χ4v) is 7.05. The van der Waals surface area contributed by atoms with Crippen molar-refractivity contribution in [1.82, 2.24) is 14.1 Å². The van der Waals surface area contributed by atoms with Crippen LogP contribution in [0.2, 0.25) is 0 Å². The molecule has 1 aliphatic heterocycles. The van der Waals surface area contributed by atoms with Crippen molar-refractivity contribution >= 4 is 27.7 Å². The lowest BCUT2D eigenvalue weighted by molar-refractivity contribution is 0.103. The van der Waals surface area contributed by atoms with Gasteiger partial charge in [0.2, 0.25) is 10.0 Å². The third kappa shape index (κ3) is 5.53. The predicted octanol–water partition coefficient (Wildman–Crippen LogP) is 6.10. The number of Topliss-reactive ketones (excluding diaryl/α,β-unsaturated/α-hetero) is 1. The van der Waals surface area contributed by atoms with E-state index in [1.165, 1.54) is 45.2 Å². The van der Waals surface area contributed by atoms with Gasteiger partial charge in [-0.05, 0) is 84.7 Å². The van der Waals surface area contributed by atoms with E-state index in [-0.39, 0.29) is 40.3 Å². The minimum absolute atomic E-state index is 0.00568. The van der Waals surface area contributed by atoms with Crippen molar-refractivity contribution in [3.8, 4) is 17.2 Å². The molecule has 44 heavy (non-hydrogen) atoms. The van der Waals surface area contributed by atoms with Crippen LogP contribution < -0.4 is 10.5 Å². The van der Waals surface area contributed by atoms with Gasteiger partial charge in [0.25, 0.3) is 0 Å². The highest BCUT2D eigenvalue weighted by Gasteiger charge is 2.29. The second-order valence-corrected chi connectivity index (χ2v) is 13.5. The lowest BCUT2D eigenvalue weighted by atomic mass is 9.85. The highest BCUT2D eigenvalue weighted by molar-refractivity contribution is 7.88. The lowest BCUT2D eigenvalue weighted by Crippen LogP contribution is -2.37. The number of nitrogen functional groups attached to an aromatic ring is 1. The second-order valence-electron chi connectivity index (χ2n) is 11.5. The number of benzene rings is 3. The van der Waals surface area contributed by atoms with Gasteiger partial charge in [-0.15, -0.1) is 0 Å². The van der Waals surface area contributed by atoms with Crippen LogP contribution in [0.3, 0.4) is 0 Å². The van der Waals surface area contributed by atoms with Crippen LogP contribution in [0, 0.1) is 25.5 Å². The van der Waals surface area contributed by atoms with Crippen molar-refractivity contribution in [2.24, 2.45) is 0 Å². The number of hydrogen-bond acceptors (Lipinski definition) is 6. The van der Waals surface area contributed by atoms with E-state index < -0.39 is 21.7 Å². The number of carbonyl (C=O) groups is 1. The van der Waals surface area contributed by atoms with E-state index in [9.17, 15) is 17.6 Å². The van der Waals surface area contributed by atoms with Crippen molar-refractivity contribution in [3.63, 3.8) is 0 Å². The lowest BCUT2D eigenvalue weighted by Gasteiger charge is -2.31. The SMILES string of the molecule is Cc1cc2c(cc1C1CCN(S(C)(=O)=O)CC1)CC(C(=O)c1cnn(-c3c(C)cc(Oc4ccccc4F)cc3F)c1N)=C2. The molecule has 0 radical (unpaired) electrons. The van der Waals surface area contributed by atoms with Gasteiger partial charge in [0, 0.05) is 31.1 Å². The molecule has 0 unspecified atom stereocenters. The number of rotatable bonds is 7. The summed E-state index contributed by atoms with van der Waals surface area (Å²) in [5.41, 5.74) is 11.9. The zero-order chi connectivity index (χ0) is 31.3. The summed E-state index contributed by atoms with van der Waals surface area (Å²) in [6.45, 7) is 4.67. The van der Waals surface area contributed by atoms with Crippen LogP contribution in [-0.2, 0) is 16.4 Å². The number of fused-ring (bicyclic) bond motifs is 1. The summed E-state index contributed by atoms with van der Waals surface area (Å²) in [6, 6.07) is 12.7. The Labute approximate surface area is 254 Å². The number of piperidine rings is 1. The zero-order valence-electron chi connectivity index (χ0n) is 24.6. The van der Waals surface area contributed by atoms with Crippen LogP contribution in [0.5, 0.6) is 11.5 Å². The molecule has 0 bridgehead atoms. The predicted molar refractivity (Wildman–Crippen MR) is 165 cm³/mol. The number of nitrogens with zero attached hydrogens (tertiary/aromatic N) is 3. The minimum atomic E-state index is -3.20. The minimum Gasteiger partial charge on any atom is -0.454 e. The number of sulfonamides is 1. The number of aromatic nitrogens is 2. The van der Waals surface area contributed by atoms with E-state index in [0.29, 0.717) is 30.6 Å². The summed E-state index contributed by atoms with van der Waals surface area (Å²) in [4.78, 5) is 13.6. The summed E-state index contributed by atoms with van der Waals surface area (Å²) < 4.78 is 61.5. The van der Waals surface area contributed by atoms with Crippen molar-refractivity contribution in [1.29, 1.82) is 0 Å². The molecule has 0 amide bonds. The first-order valence-electron chi connectivity index (χ1n) is 14.3. The molecule has 0 spiro atoms. The topological polar surface area (TPSA) is 108 Å². The molecule has 11 heteroatoms. The van der Waals surface area contributed by atoms with Gasteiger partial charge in [0.15, 0.2) is 23.2 Å². The first kappa shape index (κ1) is 29.7. The maximum absolute atomic E-state index is 15.4. The molecule has 6 rings (SSSR count). The molecule has 0 saturated carbocycles. The second kappa shape index (κ2) is 11.3. The van der Waals surface area contributed by atoms with Gasteiger partial charge in [0.1, 0.15) is 17.3 Å². The third-order valence-electron chi connectivity index (χ3n) is 8.45. The summed E-state index contributed by atoms with van der Waals surface area (Å²) in [6.07, 6.45) is 6.35. The van der Waals surface area contributed by atoms with Gasteiger partial charge < -0.3 is 10.5 Å². The standard InChI is InChI=1S/C33H32F2N4O4S/c1-19-12-22-14-24(15-23(22)16-26(19)21-8-10-38(11-9-21)44(3,41)42)32(40)27-18-37-39(33(27)36)31-20(2)13-25(17-29(31)35)43-30-7-5-4-6-28(30)34/h4-7,12-14,16-18,21H,8-11,15,36H2,1-3H3. The molecule has 228 valence electrons. The van der Waals surface area contributed by atoms with Gasteiger partial charge in [0.05, 0.1) is 18.0 Å². The number of carbonyl (C=O) groups excluding carboxylic acids is 1. The molecule has 1 aromatic heterocycles. The molecule has 2 aliphatic rings. The van der Waals surface area contributed by atoms with Gasteiger partial charge in [-0.1, -0.05) is 24.3 Å². The summed E-state index contributed by atoms with van der Waals surface area (Å²) in [5.74, 6) is -1.22. The molecule has 3 aromatic carbocycles. The summed E-state index contributed by atoms with van der Waals surface area (Å²) in [7, 11) is -3.20. The Morgan fingerprint density at radius 3 is 2.43 bits per heavy atom. The number of para-hydroxylation sites is 1. The van der Waals surface area contributed by atoms with Crippen LogP contribution in [0.15, 0.2) is 60.3 Å². The van der Waals surface area contributed by atoms with Crippen LogP contribution in [0.4, 0.5) is 14.6 Å². The average Bonchev–Trinajstić information content (AvgIpc) is 3.56. The number of halogens is 2. The van der Waals surface area contributed by atoms with E-state index in [1.54, 1.807) is 19.1 Å². The van der Waals surface area contributed by atoms with E-state index >= 15 is 4.39 Å². The largest absolute Gasteiger partial charge is 0.454 e. The number of anilines is 1. The number of nitrogens with two attached hydrogens (primary N) is 1. The smallest absolute Gasteiger partial charge is 0.211 e. The van der Waals surface area contributed by atoms with E-state index in [4.69, 9.17) is 10.5 Å². The fraction of sp³-hybridized carbons (Fsp3) is 0.273. The molecule has 4 aromatic rings. The Morgan fingerprint density at radius 2 is 1.75 bits per heavy atom. The average molecular weight is 619 g/mol. The normalized spacial score (nSPS) is 15.7. The van der Waals surface area contributed by atoms with Crippen molar-refractivity contribution < 1.29 is 26.7 Å². The molecule has 0 atom stereocenters.